The fourth-order valence-electron chi connectivity index (χ4n) is 6.51. The second-order valence-corrected chi connectivity index (χ2v) is 12.1. The van der Waals surface area contributed by atoms with Crippen LogP contribution in [0.15, 0.2) is 36.5 Å². The van der Waals surface area contributed by atoms with E-state index in [0.29, 0.717) is 43.0 Å². The first-order valence-corrected chi connectivity index (χ1v) is 14.2. The first-order valence-electron chi connectivity index (χ1n) is 12.4. The number of nitrogens with one attached hydrogen (secondary N) is 2. The molecule has 0 spiro atoms. The van der Waals surface area contributed by atoms with E-state index in [9.17, 15) is 9.67 Å². The van der Waals surface area contributed by atoms with Crippen LogP contribution >= 0.6 is 7.60 Å². The molecule has 1 aromatic heterocycles. The molecule has 4 aliphatic carbocycles. The molecule has 0 aliphatic heterocycles. The maximum Gasteiger partial charge on any atom is 0.335 e. The smallest absolute Gasteiger partial charge is 0.335 e. The molecule has 6 rings (SSSR count). The molecule has 3 N–H and O–H groups in total. The molecule has 4 fully saturated rings. The fourth-order valence-corrected chi connectivity index (χ4v) is 8.20. The Morgan fingerprint density at radius 1 is 1.12 bits per heavy atom. The summed E-state index contributed by atoms with van der Waals surface area (Å²) in [6, 6.07) is 9.93. The summed E-state index contributed by atoms with van der Waals surface area (Å²) in [7, 11) is -3.17. The molecule has 2 unspecified atom stereocenters. The van der Waals surface area contributed by atoms with Crippen molar-refractivity contribution in [3.63, 3.8) is 0 Å². The Morgan fingerprint density at radius 2 is 1.85 bits per heavy atom. The summed E-state index contributed by atoms with van der Waals surface area (Å²) < 4.78 is 23.8. The molecule has 1 aromatic carbocycles. The van der Waals surface area contributed by atoms with E-state index in [1.54, 1.807) is 6.20 Å². The number of anilines is 3. The summed E-state index contributed by atoms with van der Waals surface area (Å²) in [6.07, 6.45) is 7.15. The van der Waals surface area contributed by atoms with E-state index < -0.39 is 13.2 Å². The van der Waals surface area contributed by atoms with Crippen LogP contribution < -0.4 is 10.6 Å². The van der Waals surface area contributed by atoms with Gasteiger partial charge in [-0.1, -0.05) is 12.1 Å². The van der Waals surface area contributed by atoms with Gasteiger partial charge in [0.1, 0.15) is 5.82 Å². The zero-order valence-electron chi connectivity index (χ0n) is 19.9. The van der Waals surface area contributed by atoms with Crippen LogP contribution in [0.2, 0.25) is 0 Å². The number of benzene rings is 1. The number of aromatic nitrogens is 2. The summed E-state index contributed by atoms with van der Waals surface area (Å²) >= 11 is 0. The van der Waals surface area contributed by atoms with Gasteiger partial charge in [0, 0.05) is 17.9 Å². The maximum absolute atomic E-state index is 12.9. The Morgan fingerprint density at radius 3 is 2.53 bits per heavy atom. The van der Waals surface area contributed by atoms with Gasteiger partial charge in [-0.15, -0.1) is 0 Å². The van der Waals surface area contributed by atoms with Crippen molar-refractivity contribution in [2.45, 2.75) is 63.8 Å². The van der Waals surface area contributed by atoms with Crippen LogP contribution in [0.4, 0.5) is 17.5 Å². The highest BCUT2D eigenvalue weighted by Gasteiger charge is 2.54. The van der Waals surface area contributed by atoms with Crippen molar-refractivity contribution in [1.82, 2.24) is 9.97 Å². The van der Waals surface area contributed by atoms with Crippen LogP contribution in [0.5, 0.6) is 0 Å². The number of rotatable bonds is 10. The van der Waals surface area contributed by atoms with Crippen molar-refractivity contribution < 1.29 is 18.7 Å². The lowest BCUT2D eigenvalue weighted by atomic mass is 9.52. The van der Waals surface area contributed by atoms with E-state index >= 15 is 0 Å². The molecule has 8 nitrogen and oxygen atoms in total. The molecule has 0 amide bonds. The summed E-state index contributed by atoms with van der Waals surface area (Å²) in [5.41, 5.74) is 1.23. The van der Waals surface area contributed by atoms with Crippen LogP contribution in [0.3, 0.4) is 0 Å². The molecule has 0 saturated heterocycles. The van der Waals surface area contributed by atoms with Gasteiger partial charge in [0.05, 0.1) is 25.0 Å². The topological polar surface area (TPSA) is 106 Å². The number of hydrogen-bond donors (Lipinski definition) is 3. The fraction of sp³-hybridized carbons (Fsp3) is 0.600. The van der Waals surface area contributed by atoms with Crippen molar-refractivity contribution in [2.75, 3.05) is 23.8 Å². The second-order valence-electron chi connectivity index (χ2n) is 10.1. The molecule has 184 valence electrons. The van der Waals surface area contributed by atoms with Crippen molar-refractivity contribution >= 4 is 25.0 Å². The van der Waals surface area contributed by atoms with Gasteiger partial charge in [-0.05, 0) is 87.5 Å². The number of nitrogens with zero attached hydrogens (tertiary/aromatic N) is 2. The minimum atomic E-state index is -3.17. The Balaban J connectivity index is 1.26. The molecule has 4 saturated carbocycles. The molecular formula is C25H35N4O4P. The zero-order chi connectivity index (χ0) is 23.8. The molecule has 2 aromatic rings. The van der Waals surface area contributed by atoms with Gasteiger partial charge in [0.2, 0.25) is 5.95 Å². The first kappa shape index (κ1) is 23.7. The summed E-state index contributed by atoms with van der Waals surface area (Å²) in [6.45, 7) is 4.30. The predicted octanol–water partition coefficient (Wildman–Crippen LogP) is 5.34. The highest BCUT2D eigenvalue weighted by Crippen LogP contribution is 2.56. The standard InChI is InChI=1S/C25H35N4O4P/c1-3-32-34(31,33-4-2)16-17-6-5-7-21(12-17)27-24-26-9-8-22(29-24)28-23-19-10-18-11-20(23)15-25(30,13-18)14-19/h5-9,12,18-20,23,30H,3-4,10-11,13-16H2,1-2H3,(H2,26,27,28,29). The van der Waals surface area contributed by atoms with E-state index in [0.717, 1.165) is 36.3 Å². The summed E-state index contributed by atoms with van der Waals surface area (Å²) in [5.74, 6) is 2.99. The van der Waals surface area contributed by atoms with Crippen molar-refractivity contribution in [1.29, 1.82) is 0 Å². The minimum Gasteiger partial charge on any atom is -0.390 e. The molecule has 2 atom stereocenters. The van der Waals surface area contributed by atoms with Crippen LogP contribution in [0.25, 0.3) is 0 Å². The van der Waals surface area contributed by atoms with Crippen LogP contribution in [-0.4, -0.2) is 39.9 Å². The second kappa shape index (κ2) is 9.57. The third-order valence-corrected chi connectivity index (χ3v) is 9.48. The van der Waals surface area contributed by atoms with Gasteiger partial charge in [0.25, 0.3) is 0 Å². The van der Waals surface area contributed by atoms with Gasteiger partial charge >= 0.3 is 7.60 Å². The van der Waals surface area contributed by atoms with Gasteiger partial charge in [-0.3, -0.25) is 4.57 Å². The van der Waals surface area contributed by atoms with E-state index in [1.807, 2.05) is 44.2 Å². The molecular weight excluding hydrogens is 451 g/mol. The molecule has 9 heteroatoms. The highest BCUT2D eigenvalue weighted by molar-refractivity contribution is 7.53. The molecule has 0 radical (unpaired) electrons. The third-order valence-electron chi connectivity index (χ3n) is 7.42. The number of hydrogen-bond acceptors (Lipinski definition) is 8. The van der Waals surface area contributed by atoms with Crippen molar-refractivity contribution in [2.24, 2.45) is 17.8 Å². The lowest BCUT2D eigenvalue weighted by Gasteiger charge is -2.58. The van der Waals surface area contributed by atoms with Crippen LogP contribution in [0.1, 0.15) is 51.5 Å². The largest absolute Gasteiger partial charge is 0.390 e. The Hall–Kier alpha value is -1.99. The molecule has 34 heavy (non-hydrogen) atoms. The maximum atomic E-state index is 12.9. The van der Waals surface area contributed by atoms with Gasteiger partial charge in [0.15, 0.2) is 0 Å². The van der Waals surface area contributed by atoms with Crippen molar-refractivity contribution in [3.05, 3.63) is 42.1 Å². The normalized spacial score (nSPS) is 29.9. The summed E-state index contributed by atoms with van der Waals surface area (Å²) in [5, 5.41) is 17.8. The Kier molecular flexibility index (Phi) is 6.68. The highest BCUT2D eigenvalue weighted by atomic mass is 31.2. The monoisotopic (exact) mass is 486 g/mol. The van der Waals surface area contributed by atoms with E-state index in [2.05, 4.69) is 15.6 Å². The average molecular weight is 487 g/mol. The van der Waals surface area contributed by atoms with Crippen LogP contribution in [-0.2, 0) is 19.8 Å². The molecule has 4 bridgehead atoms. The van der Waals surface area contributed by atoms with Gasteiger partial charge in [-0.25, -0.2) is 4.98 Å². The lowest BCUT2D eigenvalue weighted by Crippen LogP contribution is -2.59. The SMILES string of the molecule is CCOP(=O)(Cc1cccc(Nc2nccc(NC3C4CC5CC3CC(O)(C5)C4)n2)c1)OCC. The zero-order valence-corrected chi connectivity index (χ0v) is 20.8. The minimum absolute atomic E-state index is 0.213. The Bertz CT molecular complexity index is 1040. The van der Waals surface area contributed by atoms with Crippen molar-refractivity contribution in [3.8, 4) is 0 Å². The van der Waals surface area contributed by atoms with E-state index in [-0.39, 0.29) is 6.16 Å². The van der Waals surface area contributed by atoms with E-state index in [1.165, 1.54) is 12.8 Å². The van der Waals surface area contributed by atoms with Crippen LogP contribution in [0, 0.1) is 17.8 Å². The summed E-state index contributed by atoms with van der Waals surface area (Å²) in [4.78, 5) is 9.09. The lowest BCUT2D eigenvalue weighted by molar-refractivity contribution is -0.129. The molecule has 4 aliphatic rings. The number of aliphatic hydroxyl groups is 1. The van der Waals surface area contributed by atoms with Gasteiger partial charge < -0.3 is 24.8 Å². The third kappa shape index (κ3) is 5.15. The first-order chi connectivity index (χ1) is 16.4. The Labute approximate surface area is 201 Å². The van der Waals surface area contributed by atoms with E-state index in [4.69, 9.17) is 14.0 Å². The van der Waals surface area contributed by atoms with Gasteiger partial charge in [-0.2, -0.15) is 4.98 Å². The quantitative estimate of drug-likeness (QED) is 0.387. The molecule has 1 heterocycles. The average Bonchev–Trinajstić information content (AvgIpc) is 2.76. The predicted molar refractivity (Wildman–Crippen MR) is 132 cm³/mol.